The summed E-state index contributed by atoms with van der Waals surface area (Å²) >= 11 is 12.1. The largest absolute Gasteiger partial charge is 0.444 e. The summed E-state index contributed by atoms with van der Waals surface area (Å²) in [6, 6.07) is 5.51. The molecular weight excluding hydrogens is 323 g/mol. The van der Waals surface area contributed by atoms with Crippen LogP contribution in [0, 0.1) is 0 Å². The molecule has 1 N–H and O–H groups in total. The number of rotatable bonds is 5. The molecule has 0 heterocycles. The summed E-state index contributed by atoms with van der Waals surface area (Å²) < 4.78 is 5.30. The van der Waals surface area contributed by atoms with E-state index in [0.717, 1.165) is 5.56 Å². The van der Waals surface area contributed by atoms with E-state index in [2.05, 4.69) is 5.32 Å². The van der Waals surface area contributed by atoms with E-state index in [4.69, 9.17) is 27.9 Å². The van der Waals surface area contributed by atoms with Gasteiger partial charge in [0, 0.05) is 36.2 Å². The Hall–Kier alpha value is -0.970. The van der Waals surface area contributed by atoms with Crippen LogP contribution < -0.4 is 5.32 Å². The molecule has 0 saturated carbocycles. The van der Waals surface area contributed by atoms with E-state index in [1.807, 2.05) is 39.8 Å². The van der Waals surface area contributed by atoms with Crippen LogP contribution in [-0.4, -0.2) is 36.7 Å². The lowest BCUT2D eigenvalue weighted by Gasteiger charge is -2.25. The molecule has 1 unspecified atom stereocenters. The van der Waals surface area contributed by atoms with Crippen LogP contribution in [0.1, 0.15) is 39.3 Å². The first-order valence-corrected chi connectivity index (χ1v) is 7.98. The summed E-state index contributed by atoms with van der Waals surface area (Å²) in [5.41, 5.74) is 0.495. The molecule has 0 saturated heterocycles. The van der Waals surface area contributed by atoms with Gasteiger partial charge in [-0.3, -0.25) is 0 Å². The molecule has 0 radical (unpaired) electrons. The molecule has 1 atom stereocenters. The maximum absolute atomic E-state index is 11.8. The van der Waals surface area contributed by atoms with Gasteiger partial charge in [-0.1, -0.05) is 29.3 Å². The van der Waals surface area contributed by atoms with Gasteiger partial charge in [0.25, 0.3) is 0 Å². The van der Waals surface area contributed by atoms with Crippen molar-refractivity contribution in [2.75, 3.05) is 20.1 Å². The van der Waals surface area contributed by atoms with E-state index >= 15 is 0 Å². The first kappa shape index (κ1) is 19.1. The molecule has 0 aliphatic rings. The van der Waals surface area contributed by atoms with Crippen molar-refractivity contribution in [1.82, 2.24) is 10.2 Å². The predicted molar refractivity (Wildman–Crippen MR) is 91.7 cm³/mol. The number of likely N-dealkylation sites (N-methyl/N-ethyl adjacent to an activating group) is 1. The van der Waals surface area contributed by atoms with Crippen molar-refractivity contribution in [3.63, 3.8) is 0 Å². The summed E-state index contributed by atoms with van der Waals surface area (Å²) in [6.07, 6.45) is -0.327. The Labute approximate surface area is 142 Å². The first-order valence-electron chi connectivity index (χ1n) is 7.22. The van der Waals surface area contributed by atoms with Crippen LogP contribution in [-0.2, 0) is 4.74 Å². The Kier molecular flexibility index (Phi) is 6.98. The fourth-order valence-corrected chi connectivity index (χ4v) is 2.41. The van der Waals surface area contributed by atoms with Gasteiger partial charge in [0.2, 0.25) is 0 Å². The van der Waals surface area contributed by atoms with Gasteiger partial charge in [-0.15, -0.1) is 0 Å². The van der Waals surface area contributed by atoms with Crippen LogP contribution in [0.2, 0.25) is 10.0 Å². The number of hydrogen-bond acceptors (Lipinski definition) is 3. The average Bonchev–Trinajstić information content (AvgIpc) is 2.36. The number of nitrogens with zero attached hydrogens (tertiary/aromatic N) is 1. The minimum atomic E-state index is -0.483. The summed E-state index contributed by atoms with van der Waals surface area (Å²) in [5, 5.41) is 4.58. The lowest BCUT2D eigenvalue weighted by Crippen LogP contribution is -2.38. The summed E-state index contributed by atoms with van der Waals surface area (Å²) in [7, 11) is 1.72. The smallest absolute Gasteiger partial charge is 0.410 e. The highest BCUT2D eigenvalue weighted by Crippen LogP contribution is 2.25. The molecule has 1 aromatic rings. The Bertz CT molecular complexity index is 515. The first-order chi connectivity index (χ1) is 10.1. The normalized spacial score (nSPS) is 12.9. The number of benzene rings is 1. The predicted octanol–water partition coefficient (Wildman–Crippen LogP) is 4.51. The number of halogens is 2. The maximum atomic E-state index is 11.8. The van der Waals surface area contributed by atoms with Gasteiger partial charge in [0.15, 0.2) is 0 Å². The van der Waals surface area contributed by atoms with Gasteiger partial charge < -0.3 is 15.0 Å². The SMILES string of the molecule is CC(NCCN(C)C(=O)OC(C)(C)C)c1ccc(Cl)cc1Cl. The standard InChI is InChI=1S/C16H24Cl2N2O2/c1-11(13-7-6-12(17)10-14(13)18)19-8-9-20(5)15(21)22-16(2,3)4/h6-7,10-11,19H,8-9H2,1-5H3. The van der Waals surface area contributed by atoms with E-state index in [-0.39, 0.29) is 12.1 Å². The molecule has 1 amide bonds. The fraction of sp³-hybridized carbons (Fsp3) is 0.562. The Morgan fingerprint density at radius 3 is 2.55 bits per heavy atom. The molecule has 22 heavy (non-hydrogen) atoms. The number of carbonyl (C=O) groups excluding carboxylic acids is 1. The van der Waals surface area contributed by atoms with Gasteiger partial charge in [-0.05, 0) is 45.4 Å². The lowest BCUT2D eigenvalue weighted by atomic mass is 10.1. The number of carbonyl (C=O) groups is 1. The van der Waals surface area contributed by atoms with Gasteiger partial charge in [-0.25, -0.2) is 4.79 Å². The molecule has 0 fully saturated rings. The van der Waals surface area contributed by atoms with Gasteiger partial charge in [0.1, 0.15) is 5.60 Å². The zero-order chi connectivity index (χ0) is 16.9. The van der Waals surface area contributed by atoms with Crippen LogP contribution in [0.25, 0.3) is 0 Å². The summed E-state index contributed by atoms with van der Waals surface area (Å²) in [6.45, 7) is 8.74. The van der Waals surface area contributed by atoms with Crippen molar-refractivity contribution in [3.8, 4) is 0 Å². The Balaban J connectivity index is 2.44. The van der Waals surface area contributed by atoms with Crippen molar-refractivity contribution in [3.05, 3.63) is 33.8 Å². The van der Waals surface area contributed by atoms with Crippen molar-refractivity contribution in [2.24, 2.45) is 0 Å². The van der Waals surface area contributed by atoms with E-state index in [0.29, 0.717) is 23.1 Å². The third-order valence-corrected chi connectivity index (χ3v) is 3.59. The summed E-state index contributed by atoms with van der Waals surface area (Å²) in [5.74, 6) is 0. The molecular formula is C16H24Cl2N2O2. The molecule has 1 rings (SSSR count). The third-order valence-electron chi connectivity index (χ3n) is 3.03. The van der Waals surface area contributed by atoms with Crippen LogP contribution in [0.5, 0.6) is 0 Å². The van der Waals surface area contributed by atoms with Crippen LogP contribution >= 0.6 is 23.2 Å². The highest BCUT2D eigenvalue weighted by atomic mass is 35.5. The second-order valence-electron chi connectivity index (χ2n) is 6.24. The molecule has 1 aromatic carbocycles. The molecule has 0 aliphatic heterocycles. The molecule has 0 aromatic heterocycles. The molecule has 6 heteroatoms. The quantitative estimate of drug-likeness (QED) is 0.852. The minimum absolute atomic E-state index is 0.0665. The van der Waals surface area contributed by atoms with Gasteiger partial charge in [-0.2, -0.15) is 0 Å². The molecule has 0 spiro atoms. The molecule has 124 valence electrons. The Morgan fingerprint density at radius 1 is 1.36 bits per heavy atom. The van der Waals surface area contributed by atoms with Crippen molar-refractivity contribution in [1.29, 1.82) is 0 Å². The number of amides is 1. The molecule has 0 aliphatic carbocycles. The summed E-state index contributed by atoms with van der Waals surface area (Å²) in [4.78, 5) is 13.4. The minimum Gasteiger partial charge on any atom is -0.444 e. The van der Waals surface area contributed by atoms with Crippen molar-refractivity contribution < 1.29 is 9.53 Å². The second-order valence-corrected chi connectivity index (χ2v) is 7.09. The zero-order valence-electron chi connectivity index (χ0n) is 13.7. The molecule has 4 nitrogen and oxygen atoms in total. The monoisotopic (exact) mass is 346 g/mol. The fourth-order valence-electron chi connectivity index (χ4n) is 1.84. The zero-order valence-corrected chi connectivity index (χ0v) is 15.3. The maximum Gasteiger partial charge on any atom is 0.410 e. The van der Waals surface area contributed by atoms with E-state index in [1.54, 1.807) is 18.0 Å². The topological polar surface area (TPSA) is 41.6 Å². The third kappa shape index (κ3) is 6.42. The highest BCUT2D eigenvalue weighted by molar-refractivity contribution is 6.35. The van der Waals surface area contributed by atoms with E-state index < -0.39 is 5.60 Å². The van der Waals surface area contributed by atoms with Gasteiger partial charge >= 0.3 is 6.09 Å². The van der Waals surface area contributed by atoms with Crippen molar-refractivity contribution >= 4 is 29.3 Å². The lowest BCUT2D eigenvalue weighted by molar-refractivity contribution is 0.0299. The van der Waals surface area contributed by atoms with Crippen LogP contribution in [0.15, 0.2) is 18.2 Å². The van der Waals surface area contributed by atoms with Crippen LogP contribution in [0.3, 0.4) is 0 Å². The molecule has 0 bridgehead atoms. The van der Waals surface area contributed by atoms with Gasteiger partial charge in [0.05, 0.1) is 0 Å². The van der Waals surface area contributed by atoms with E-state index in [1.165, 1.54) is 0 Å². The highest BCUT2D eigenvalue weighted by Gasteiger charge is 2.19. The van der Waals surface area contributed by atoms with E-state index in [9.17, 15) is 4.79 Å². The number of nitrogens with one attached hydrogen (secondary N) is 1. The Morgan fingerprint density at radius 2 is 2.00 bits per heavy atom. The number of ether oxygens (including phenoxy) is 1. The number of hydrogen-bond donors (Lipinski definition) is 1. The van der Waals surface area contributed by atoms with Crippen LogP contribution in [0.4, 0.5) is 4.79 Å². The second kappa shape index (κ2) is 8.04. The van der Waals surface area contributed by atoms with Crippen molar-refractivity contribution in [2.45, 2.75) is 39.3 Å². The average molecular weight is 347 g/mol.